The number of nitrogens with zero attached hydrogens (tertiary/aromatic N) is 2. The average Bonchev–Trinajstić information content (AvgIpc) is 2.23. The number of aliphatic carboxylic acids is 3. The normalized spacial score (nSPS) is 10.3. The molecule has 0 amide bonds. The molecule has 0 aliphatic rings. The van der Waals surface area contributed by atoms with Gasteiger partial charge in [0.2, 0.25) is 0 Å². The van der Waals surface area contributed by atoms with Gasteiger partial charge in [-0.25, -0.2) is 0 Å². The smallest absolute Gasteiger partial charge is 0.549 e. The summed E-state index contributed by atoms with van der Waals surface area (Å²) in [4.78, 5) is 34.0. The van der Waals surface area contributed by atoms with E-state index >= 15 is 0 Å². The monoisotopic (exact) mass is 300 g/mol. The number of carbonyl (C=O) groups excluding carboxylic acids is 1. The van der Waals surface area contributed by atoms with Crippen LogP contribution in [0.25, 0.3) is 0 Å². The molecule has 0 aromatic rings. The summed E-state index contributed by atoms with van der Waals surface area (Å²) in [5.41, 5.74) is 0. The number of aliphatic hydroxyl groups excluding tert-OH is 1. The Morgan fingerprint density at radius 2 is 1.30 bits per heavy atom. The van der Waals surface area contributed by atoms with Crippen molar-refractivity contribution in [1.29, 1.82) is 0 Å². The predicted octanol–water partition coefficient (Wildman–Crippen LogP) is -6.49. The zero-order valence-electron chi connectivity index (χ0n) is 11.3. The largest absolute Gasteiger partial charge is 1.00 e. The van der Waals surface area contributed by atoms with E-state index in [1.165, 1.54) is 4.90 Å². The van der Waals surface area contributed by atoms with Crippen molar-refractivity contribution in [3.8, 4) is 0 Å². The maximum Gasteiger partial charge on any atom is 1.00 e. The maximum absolute atomic E-state index is 10.5. The van der Waals surface area contributed by atoms with Crippen molar-refractivity contribution in [3.63, 3.8) is 0 Å². The van der Waals surface area contributed by atoms with E-state index in [9.17, 15) is 19.5 Å². The van der Waals surface area contributed by atoms with Crippen LogP contribution < -0.4 is 34.7 Å². The number of carboxylic acid groups (broad SMARTS) is 3. The number of aliphatic hydroxyl groups is 1. The van der Waals surface area contributed by atoms with E-state index in [2.05, 4.69) is 0 Å². The van der Waals surface area contributed by atoms with Crippen molar-refractivity contribution in [2.75, 3.05) is 45.9 Å². The van der Waals surface area contributed by atoms with Gasteiger partial charge in [0.1, 0.15) is 0 Å². The summed E-state index contributed by atoms with van der Waals surface area (Å²) in [7, 11) is 0. The van der Waals surface area contributed by atoms with Crippen molar-refractivity contribution in [3.05, 3.63) is 0 Å². The Kier molecular flexibility index (Phi) is 13.0. The molecule has 0 saturated heterocycles. The average molecular weight is 300 g/mol. The van der Waals surface area contributed by atoms with Crippen LogP contribution in [0.1, 0.15) is 0 Å². The van der Waals surface area contributed by atoms with Gasteiger partial charge in [-0.3, -0.25) is 19.4 Å². The van der Waals surface area contributed by atoms with E-state index in [0.29, 0.717) is 0 Å². The van der Waals surface area contributed by atoms with Gasteiger partial charge in [0, 0.05) is 26.2 Å². The fourth-order valence-corrected chi connectivity index (χ4v) is 1.47. The van der Waals surface area contributed by atoms with Crippen molar-refractivity contribution < 1.29 is 64.4 Å². The molecule has 0 aliphatic heterocycles. The zero-order valence-corrected chi connectivity index (χ0v) is 13.3. The second-order valence-corrected chi connectivity index (χ2v) is 3.87. The second-order valence-electron chi connectivity index (χ2n) is 3.87. The van der Waals surface area contributed by atoms with Crippen LogP contribution in [0, 0.1) is 0 Å². The van der Waals surface area contributed by atoms with E-state index in [1.54, 1.807) is 0 Å². The topological polar surface area (TPSA) is 141 Å². The van der Waals surface area contributed by atoms with Gasteiger partial charge < -0.3 is 25.2 Å². The second kappa shape index (κ2) is 12.1. The molecule has 0 atom stereocenters. The molecule has 0 aromatic carbocycles. The van der Waals surface area contributed by atoms with Crippen molar-refractivity contribution in [2.45, 2.75) is 0 Å². The molecule has 0 saturated carbocycles. The molecular formula is C10H17N2NaO7. The van der Waals surface area contributed by atoms with Crippen LogP contribution in [0.5, 0.6) is 0 Å². The Balaban J connectivity index is 0. The van der Waals surface area contributed by atoms with E-state index < -0.39 is 31.0 Å². The number of carbonyl (C=O) groups is 3. The number of carboxylic acids is 3. The minimum Gasteiger partial charge on any atom is -0.549 e. The van der Waals surface area contributed by atoms with Crippen LogP contribution in [0.2, 0.25) is 0 Å². The summed E-state index contributed by atoms with van der Waals surface area (Å²) in [5, 5.41) is 36.4. The quantitative estimate of drug-likeness (QED) is 0.317. The number of rotatable bonds is 11. The molecule has 0 aromatic heterocycles. The summed E-state index contributed by atoms with van der Waals surface area (Å²) in [6.45, 7) is -1.29. The van der Waals surface area contributed by atoms with Gasteiger partial charge in [-0.2, -0.15) is 0 Å². The third kappa shape index (κ3) is 12.3. The molecular weight excluding hydrogens is 283 g/mol. The molecule has 20 heavy (non-hydrogen) atoms. The standard InChI is InChI=1S/C10H18N2O7.Na/c13-4-3-11(5-8(14)15)1-2-12(6-9(16)17)7-10(18)19;/h13H,1-7H2,(H,14,15)(H,16,17)(H,18,19);/q;+1/p-1. The molecule has 0 bridgehead atoms. The first kappa shape index (κ1) is 21.6. The Morgan fingerprint density at radius 1 is 0.850 bits per heavy atom. The number of hydrogen-bond acceptors (Lipinski definition) is 7. The Morgan fingerprint density at radius 3 is 1.70 bits per heavy atom. The van der Waals surface area contributed by atoms with E-state index in [0.717, 1.165) is 4.90 Å². The maximum atomic E-state index is 10.5. The third-order valence-corrected chi connectivity index (χ3v) is 2.22. The Labute approximate surface area is 138 Å². The molecule has 0 unspecified atom stereocenters. The summed E-state index contributed by atoms with van der Waals surface area (Å²) in [5.74, 6) is -3.68. The van der Waals surface area contributed by atoms with Gasteiger partial charge in [0.15, 0.2) is 0 Å². The van der Waals surface area contributed by atoms with Gasteiger partial charge in [-0.1, -0.05) is 0 Å². The summed E-state index contributed by atoms with van der Waals surface area (Å²) in [6, 6.07) is 0. The third-order valence-electron chi connectivity index (χ3n) is 2.22. The van der Waals surface area contributed by atoms with Crippen LogP contribution >= 0.6 is 0 Å². The van der Waals surface area contributed by atoms with Gasteiger partial charge in [0.05, 0.1) is 25.7 Å². The zero-order chi connectivity index (χ0) is 14.8. The first-order valence-corrected chi connectivity index (χ1v) is 5.54. The van der Waals surface area contributed by atoms with Crippen LogP contribution in [0.3, 0.4) is 0 Å². The fraction of sp³-hybridized carbons (Fsp3) is 0.700. The molecule has 0 heterocycles. The van der Waals surface area contributed by atoms with E-state index in [1.807, 2.05) is 0 Å². The summed E-state index contributed by atoms with van der Waals surface area (Å²) < 4.78 is 0. The molecule has 10 heteroatoms. The molecule has 110 valence electrons. The minimum absolute atomic E-state index is 0. The summed E-state index contributed by atoms with van der Waals surface area (Å²) in [6.07, 6.45) is 0. The summed E-state index contributed by atoms with van der Waals surface area (Å²) >= 11 is 0. The first-order valence-electron chi connectivity index (χ1n) is 5.54. The molecule has 0 rings (SSSR count). The van der Waals surface area contributed by atoms with E-state index in [4.69, 9.17) is 15.3 Å². The van der Waals surface area contributed by atoms with Crippen LogP contribution in [0.4, 0.5) is 0 Å². The molecule has 0 fully saturated rings. The molecule has 0 spiro atoms. The minimum atomic E-state index is -1.41. The van der Waals surface area contributed by atoms with Gasteiger partial charge >= 0.3 is 41.5 Å². The van der Waals surface area contributed by atoms with Crippen molar-refractivity contribution in [1.82, 2.24) is 9.80 Å². The van der Waals surface area contributed by atoms with Crippen molar-refractivity contribution in [2.24, 2.45) is 0 Å². The molecule has 9 nitrogen and oxygen atoms in total. The SMILES string of the molecule is O=C([O-])CN(CCN(CCO)CC(=O)O)CC(=O)O.[Na+]. The molecule has 0 radical (unpaired) electrons. The Hall–Kier alpha value is -0.710. The van der Waals surface area contributed by atoms with Gasteiger partial charge in [0.25, 0.3) is 0 Å². The first-order chi connectivity index (χ1) is 8.85. The van der Waals surface area contributed by atoms with Crippen LogP contribution in [0.15, 0.2) is 0 Å². The molecule has 0 aliphatic carbocycles. The van der Waals surface area contributed by atoms with Gasteiger partial charge in [-0.15, -0.1) is 0 Å². The van der Waals surface area contributed by atoms with Crippen LogP contribution in [-0.4, -0.2) is 88.9 Å². The molecule has 3 N–H and O–H groups in total. The fourth-order valence-electron chi connectivity index (χ4n) is 1.47. The van der Waals surface area contributed by atoms with Gasteiger partial charge in [-0.05, 0) is 0 Å². The van der Waals surface area contributed by atoms with Crippen molar-refractivity contribution >= 4 is 17.9 Å². The number of hydrogen-bond donors (Lipinski definition) is 3. The Bertz CT molecular complexity index is 311. The van der Waals surface area contributed by atoms with E-state index in [-0.39, 0.29) is 62.3 Å². The van der Waals surface area contributed by atoms with Crippen LogP contribution in [-0.2, 0) is 14.4 Å². The predicted molar refractivity (Wildman–Crippen MR) is 60.2 cm³/mol.